The predicted octanol–water partition coefficient (Wildman–Crippen LogP) is 2.99. The third kappa shape index (κ3) is 5.61. The summed E-state index contributed by atoms with van der Waals surface area (Å²) in [4.78, 5) is 21.8. The quantitative estimate of drug-likeness (QED) is 0.620. The molecule has 110 valence electrons. The lowest BCUT2D eigenvalue weighted by Crippen LogP contribution is -2.37. The van der Waals surface area contributed by atoms with Gasteiger partial charge in [0.1, 0.15) is 0 Å². The van der Waals surface area contributed by atoms with Gasteiger partial charge < -0.3 is 5.32 Å². The fraction of sp³-hybridized carbons (Fsp3) is 0.500. The number of nitrogens with one attached hydrogen (secondary N) is 1. The van der Waals surface area contributed by atoms with E-state index in [1.54, 1.807) is 12.1 Å². The van der Waals surface area contributed by atoms with Gasteiger partial charge in [-0.05, 0) is 18.4 Å². The van der Waals surface area contributed by atoms with Gasteiger partial charge in [0.05, 0.1) is 10.7 Å². The average molecular weight is 296 g/mol. The van der Waals surface area contributed by atoms with E-state index in [1.807, 2.05) is 6.92 Å². The molecule has 20 heavy (non-hydrogen) atoms. The van der Waals surface area contributed by atoms with Gasteiger partial charge in [0.2, 0.25) is 5.91 Å². The number of thioether (sulfide) groups is 1. The first-order valence-electron chi connectivity index (χ1n) is 6.50. The third-order valence-electron chi connectivity index (χ3n) is 3.04. The highest BCUT2D eigenvalue weighted by molar-refractivity contribution is 7.99. The maximum atomic E-state index is 11.7. The second-order valence-corrected chi connectivity index (χ2v) is 6.00. The van der Waals surface area contributed by atoms with Crippen LogP contribution < -0.4 is 5.32 Å². The molecule has 0 saturated heterocycles. The molecule has 0 aliphatic carbocycles. The minimum atomic E-state index is -0.419. The molecule has 0 aliphatic rings. The number of nitro benzene ring substituents is 1. The van der Waals surface area contributed by atoms with Crippen LogP contribution in [0.5, 0.6) is 0 Å². The first kappa shape index (κ1) is 16.5. The van der Waals surface area contributed by atoms with Crippen molar-refractivity contribution in [3.8, 4) is 0 Å². The van der Waals surface area contributed by atoms with E-state index >= 15 is 0 Å². The number of carbonyl (C=O) groups excluding carboxylic acids is 1. The van der Waals surface area contributed by atoms with Crippen LogP contribution in [0.1, 0.15) is 26.3 Å². The zero-order valence-corrected chi connectivity index (χ0v) is 12.8. The molecular formula is C14H20N2O3S. The predicted molar refractivity (Wildman–Crippen MR) is 81.7 cm³/mol. The van der Waals surface area contributed by atoms with Gasteiger partial charge in [-0.2, -0.15) is 0 Å². The van der Waals surface area contributed by atoms with Crippen LogP contribution in [0.3, 0.4) is 0 Å². The summed E-state index contributed by atoms with van der Waals surface area (Å²) >= 11 is 1.50. The van der Waals surface area contributed by atoms with E-state index < -0.39 is 4.92 Å². The van der Waals surface area contributed by atoms with E-state index in [0.29, 0.717) is 17.4 Å². The molecule has 0 unspecified atom stereocenters. The summed E-state index contributed by atoms with van der Waals surface area (Å²) in [6.45, 7) is 6.12. The van der Waals surface area contributed by atoms with Gasteiger partial charge in [0, 0.05) is 23.9 Å². The summed E-state index contributed by atoms with van der Waals surface area (Å²) in [6.07, 6.45) is 0. The maximum Gasteiger partial charge on any atom is 0.269 e. The van der Waals surface area contributed by atoms with Crippen molar-refractivity contribution >= 4 is 23.4 Å². The summed E-state index contributed by atoms with van der Waals surface area (Å²) in [5.41, 5.74) is 1.06. The standard InChI is InChI=1S/C14H20N2O3S/c1-10(2)11(3)15-14(17)9-20-8-12-4-6-13(7-5-12)16(18)19/h4-7,10-11H,8-9H2,1-3H3,(H,15,17)/t11-/m0/s1. The van der Waals surface area contributed by atoms with Crippen LogP contribution in [0.15, 0.2) is 24.3 Å². The van der Waals surface area contributed by atoms with Gasteiger partial charge in [-0.1, -0.05) is 26.0 Å². The molecule has 1 amide bonds. The number of hydrogen-bond donors (Lipinski definition) is 1. The molecule has 0 heterocycles. The van der Waals surface area contributed by atoms with Gasteiger partial charge in [0.15, 0.2) is 0 Å². The lowest BCUT2D eigenvalue weighted by Gasteiger charge is -2.17. The van der Waals surface area contributed by atoms with Crippen molar-refractivity contribution in [1.29, 1.82) is 0 Å². The molecule has 0 fully saturated rings. The van der Waals surface area contributed by atoms with E-state index in [-0.39, 0.29) is 17.6 Å². The number of carbonyl (C=O) groups is 1. The number of rotatable bonds is 7. The number of non-ortho nitro benzene ring substituents is 1. The Hall–Kier alpha value is -1.56. The first-order valence-corrected chi connectivity index (χ1v) is 7.66. The molecule has 0 aliphatic heterocycles. The Morgan fingerprint density at radius 2 is 1.90 bits per heavy atom. The summed E-state index contributed by atoms with van der Waals surface area (Å²) in [5.74, 6) is 1.51. The average Bonchev–Trinajstić information content (AvgIpc) is 2.39. The number of hydrogen-bond acceptors (Lipinski definition) is 4. The molecule has 0 aromatic heterocycles. The Balaban J connectivity index is 2.33. The Bertz CT molecular complexity index is 460. The molecule has 5 nitrogen and oxygen atoms in total. The minimum absolute atomic E-state index is 0.0260. The van der Waals surface area contributed by atoms with Gasteiger partial charge in [-0.25, -0.2) is 0 Å². The van der Waals surface area contributed by atoms with Crippen molar-refractivity contribution in [3.05, 3.63) is 39.9 Å². The largest absolute Gasteiger partial charge is 0.353 e. The molecule has 1 aromatic carbocycles. The van der Waals surface area contributed by atoms with Crippen LogP contribution in [0.2, 0.25) is 0 Å². The van der Waals surface area contributed by atoms with Crippen molar-refractivity contribution < 1.29 is 9.72 Å². The zero-order valence-electron chi connectivity index (χ0n) is 12.0. The fourth-order valence-electron chi connectivity index (χ4n) is 1.44. The van der Waals surface area contributed by atoms with Crippen molar-refractivity contribution in [2.75, 3.05) is 5.75 Å². The number of nitro groups is 1. The summed E-state index contributed by atoms with van der Waals surface area (Å²) < 4.78 is 0. The summed E-state index contributed by atoms with van der Waals surface area (Å²) in [7, 11) is 0. The Morgan fingerprint density at radius 1 is 1.30 bits per heavy atom. The summed E-state index contributed by atoms with van der Waals surface area (Å²) in [6, 6.07) is 6.58. The third-order valence-corrected chi connectivity index (χ3v) is 4.04. The number of nitrogens with zero attached hydrogens (tertiary/aromatic N) is 1. The van der Waals surface area contributed by atoms with Crippen molar-refractivity contribution in [1.82, 2.24) is 5.32 Å². The molecule has 1 N–H and O–H groups in total. The smallest absolute Gasteiger partial charge is 0.269 e. The second kappa shape index (κ2) is 7.89. The van der Waals surface area contributed by atoms with Crippen LogP contribution in [-0.2, 0) is 10.5 Å². The Morgan fingerprint density at radius 3 is 2.40 bits per heavy atom. The van der Waals surface area contributed by atoms with Gasteiger partial charge in [-0.15, -0.1) is 11.8 Å². The lowest BCUT2D eigenvalue weighted by molar-refractivity contribution is -0.384. The molecule has 1 atom stereocenters. The monoisotopic (exact) mass is 296 g/mol. The van der Waals surface area contributed by atoms with Crippen molar-refractivity contribution in [3.63, 3.8) is 0 Å². The zero-order chi connectivity index (χ0) is 15.1. The maximum absolute atomic E-state index is 11.7. The van der Waals surface area contributed by atoms with E-state index in [9.17, 15) is 14.9 Å². The van der Waals surface area contributed by atoms with Crippen LogP contribution in [0.25, 0.3) is 0 Å². The van der Waals surface area contributed by atoms with Crippen molar-refractivity contribution in [2.24, 2.45) is 5.92 Å². The minimum Gasteiger partial charge on any atom is -0.353 e. The molecule has 1 aromatic rings. The summed E-state index contributed by atoms with van der Waals surface area (Å²) in [5, 5.41) is 13.5. The lowest BCUT2D eigenvalue weighted by atomic mass is 10.1. The van der Waals surface area contributed by atoms with E-state index in [1.165, 1.54) is 23.9 Å². The van der Waals surface area contributed by atoms with Gasteiger partial charge in [-0.3, -0.25) is 14.9 Å². The highest BCUT2D eigenvalue weighted by Gasteiger charge is 2.10. The normalized spacial score (nSPS) is 12.2. The molecule has 1 rings (SSSR count). The molecule has 0 spiro atoms. The first-order chi connectivity index (χ1) is 9.40. The molecule has 0 saturated carbocycles. The second-order valence-electron chi connectivity index (χ2n) is 5.02. The van der Waals surface area contributed by atoms with Gasteiger partial charge >= 0.3 is 0 Å². The van der Waals surface area contributed by atoms with Crippen LogP contribution in [0.4, 0.5) is 5.69 Å². The van der Waals surface area contributed by atoms with Crippen LogP contribution in [-0.4, -0.2) is 22.6 Å². The van der Waals surface area contributed by atoms with E-state index in [2.05, 4.69) is 19.2 Å². The van der Waals surface area contributed by atoms with E-state index in [0.717, 1.165) is 5.56 Å². The highest BCUT2D eigenvalue weighted by atomic mass is 32.2. The van der Waals surface area contributed by atoms with Crippen LogP contribution >= 0.6 is 11.8 Å². The highest BCUT2D eigenvalue weighted by Crippen LogP contribution is 2.16. The van der Waals surface area contributed by atoms with E-state index in [4.69, 9.17) is 0 Å². The van der Waals surface area contributed by atoms with Gasteiger partial charge in [0.25, 0.3) is 5.69 Å². The molecular weight excluding hydrogens is 276 g/mol. The number of benzene rings is 1. The fourth-order valence-corrected chi connectivity index (χ4v) is 2.24. The van der Waals surface area contributed by atoms with Crippen molar-refractivity contribution in [2.45, 2.75) is 32.6 Å². The Kier molecular flexibility index (Phi) is 6.51. The SMILES string of the molecule is CC(C)[C@H](C)NC(=O)CSCc1ccc([N+](=O)[O-])cc1. The number of amides is 1. The topological polar surface area (TPSA) is 72.2 Å². The van der Waals surface area contributed by atoms with Crippen LogP contribution in [0, 0.1) is 16.0 Å². The Labute approximate surface area is 123 Å². The molecule has 6 heteroatoms. The molecule has 0 radical (unpaired) electrons. The molecule has 0 bridgehead atoms.